The molecule has 1 saturated heterocycles. The number of aromatic nitrogens is 3. The smallest absolute Gasteiger partial charge is 0.271 e. The first-order chi connectivity index (χ1) is 22.3. The van der Waals surface area contributed by atoms with Gasteiger partial charge in [-0.05, 0) is 62.7 Å². The summed E-state index contributed by atoms with van der Waals surface area (Å²) in [5.41, 5.74) is 15.7. The average molecular weight is 824 g/mol. The van der Waals surface area contributed by atoms with E-state index < -0.39 is 5.91 Å². The van der Waals surface area contributed by atoms with E-state index in [2.05, 4.69) is 56.5 Å². The standard InChI is InChI=1S/C33H40N10O2S.W/c1-19-31-25(15-37-43(31)21-17-42(18-21)16-20-6-4-9-29(38-20)46-23-12-13-23)24-7-5-8-26(32(24)41(19)3)39-27(30(35)33(44)36-2)14-28(34)40-45-22-10-11-22;/h4-9,14-15,19,21-23,35H,10-13,16-18H2,1-3H3,(H4,34,36,39,40,44);/p-1. The number of amides is 1. The number of benzene rings is 1. The molecule has 12 nitrogen and oxygen atoms in total. The Hall–Kier alpha value is -3.51. The number of fused-ring (bicyclic) bond motifs is 3. The maximum atomic E-state index is 12.5. The van der Waals surface area contributed by atoms with Gasteiger partial charge in [0.05, 0.1) is 57.9 Å². The topological polar surface area (TPSA) is 152 Å². The van der Waals surface area contributed by atoms with Gasteiger partial charge in [-0.25, -0.2) is 9.98 Å². The molecule has 1 atom stereocenters. The normalized spacial score (nSPS) is 19.7. The molecule has 2 aromatic heterocycles. The summed E-state index contributed by atoms with van der Waals surface area (Å²) in [6, 6.07) is 12.5. The fourth-order valence-corrected chi connectivity index (χ4v) is 6.94. The second-order valence-electron chi connectivity index (χ2n) is 12.4. The van der Waals surface area contributed by atoms with Crippen molar-refractivity contribution >= 4 is 40.5 Å². The van der Waals surface area contributed by atoms with E-state index in [9.17, 15) is 4.79 Å². The number of nitrogens with one attached hydrogen (secondary N) is 2. The third-order valence-corrected chi connectivity index (χ3v) is 10.1. The molecule has 0 radical (unpaired) electrons. The fraction of sp³-hybridized carbons (Fsp3) is 0.424. The number of anilines is 1. The van der Waals surface area contributed by atoms with Crippen LogP contribution in [0.2, 0.25) is 0 Å². The molecule has 0 bridgehead atoms. The van der Waals surface area contributed by atoms with Crippen molar-refractivity contribution in [2.75, 3.05) is 32.1 Å². The molecule has 3 fully saturated rings. The molecule has 47 heavy (non-hydrogen) atoms. The van der Waals surface area contributed by atoms with E-state index in [1.54, 1.807) is 0 Å². The van der Waals surface area contributed by atoms with E-state index in [1.165, 1.54) is 31.7 Å². The number of pyridine rings is 1. The zero-order valence-electron chi connectivity index (χ0n) is 26.7. The summed E-state index contributed by atoms with van der Waals surface area (Å²) in [6.45, 7) is 4.84. The number of nitrogens with zero attached hydrogens (tertiary/aromatic N) is 7. The quantitative estimate of drug-likeness (QED) is 0.173. The van der Waals surface area contributed by atoms with E-state index in [0.29, 0.717) is 5.69 Å². The number of hydrogen-bond acceptors (Lipinski definition) is 10. The number of likely N-dealkylation sites (tertiary alicyclic amines) is 1. The molecule has 1 aromatic carbocycles. The number of thioether (sulfide) groups is 1. The van der Waals surface area contributed by atoms with Crippen molar-refractivity contribution in [2.45, 2.75) is 67.6 Å². The van der Waals surface area contributed by atoms with Gasteiger partial charge in [-0.1, -0.05) is 18.2 Å². The summed E-state index contributed by atoms with van der Waals surface area (Å²) in [5, 5.41) is 17.8. The summed E-state index contributed by atoms with van der Waals surface area (Å²) >= 11 is 1.90. The molecule has 2 aliphatic heterocycles. The number of para-hydroxylation sites is 1. The van der Waals surface area contributed by atoms with E-state index in [4.69, 9.17) is 31.1 Å². The van der Waals surface area contributed by atoms with Crippen LogP contribution in [0.3, 0.4) is 0 Å². The molecule has 4 heterocycles. The van der Waals surface area contributed by atoms with Crippen LogP contribution < -0.4 is 16.0 Å². The van der Waals surface area contributed by atoms with Crippen LogP contribution in [0.25, 0.3) is 16.6 Å². The van der Waals surface area contributed by atoms with Gasteiger partial charge in [0.2, 0.25) is 0 Å². The molecule has 14 heteroatoms. The third kappa shape index (κ3) is 7.18. The summed E-state index contributed by atoms with van der Waals surface area (Å²) in [6.07, 6.45) is 7.92. The Labute approximate surface area is 293 Å². The van der Waals surface area contributed by atoms with Gasteiger partial charge in [-0.3, -0.25) is 19.8 Å². The molecule has 3 aromatic rings. The van der Waals surface area contributed by atoms with Gasteiger partial charge in [-0.2, -0.15) is 5.10 Å². The van der Waals surface area contributed by atoms with E-state index in [1.807, 2.05) is 37.1 Å². The van der Waals surface area contributed by atoms with Gasteiger partial charge >= 0.3 is 0 Å². The molecule has 7 rings (SSSR count). The van der Waals surface area contributed by atoms with Gasteiger partial charge in [0.1, 0.15) is 5.71 Å². The van der Waals surface area contributed by atoms with Gasteiger partial charge in [0.25, 0.3) is 5.91 Å². The molecule has 246 valence electrons. The SMILES string of the molecule is CNC(=O)C(=N)C(/C=C(\N)[N-]OC1CC1)=Nc1cccc2c1N(C)C(C)c1c-2cnn1C1CN(Cc2cccc(SC3CC3)n2)C1.[W]. The van der Waals surface area contributed by atoms with Crippen LogP contribution in [-0.2, 0) is 37.2 Å². The summed E-state index contributed by atoms with van der Waals surface area (Å²) < 4.78 is 2.19. The molecule has 2 saturated carbocycles. The Morgan fingerprint density at radius 2 is 1.96 bits per heavy atom. The second kappa shape index (κ2) is 13.9. The van der Waals surface area contributed by atoms with E-state index in [0.717, 1.165) is 65.3 Å². The molecular formula is C33H39N10O2SW-. The first kappa shape index (κ1) is 33.4. The predicted octanol–water partition coefficient (Wildman–Crippen LogP) is 4.87. The van der Waals surface area contributed by atoms with Crippen LogP contribution >= 0.6 is 11.8 Å². The van der Waals surface area contributed by atoms with Crippen molar-refractivity contribution in [1.82, 2.24) is 25.0 Å². The zero-order chi connectivity index (χ0) is 31.9. The molecule has 1 unspecified atom stereocenters. The van der Waals surface area contributed by atoms with Crippen molar-refractivity contribution in [2.24, 2.45) is 10.7 Å². The summed E-state index contributed by atoms with van der Waals surface area (Å²) in [7, 11) is 3.52. The van der Waals surface area contributed by atoms with E-state index >= 15 is 0 Å². The van der Waals surface area contributed by atoms with Crippen LogP contribution in [0.15, 0.2) is 64.5 Å². The first-order valence-electron chi connectivity index (χ1n) is 15.8. The predicted molar refractivity (Wildman–Crippen MR) is 181 cm³/mol. The average Bonchev–Trinajstić information content (AvgIpc) is 3.98. The Balaban J connectivity index is 0.00000386. The fourth-order valence-electron chi connectivity index (χ4n) is 5.90. The van der Waals surface area contributed by atoms with Crippen LogP contribution in [-0.4, -0.2) is 75.5 Å². The number of nitrogens with two attached hydrogens (primary N) is 1. The van der Waals surface area contributed by atoms with E-state index in [-0.39, 0.29) is 56.5 Å². The van der Waals surface area contributed by atoms with Crippen molar-refractivity contribution in [3.8, 4) is 11.1 Å². The van der Waals surface area contributed by atoms with Crippen LogP contribution in [0.5, 0.6) is 0 Å². The molecule has 4 N–H and O–H groups in total. The van der Waals surface area contributed by atoms with Crippen molar-refractivity contribution < 1.29 is 30.7 Å². The number of aliphatic imine (C=N–C) groups is 1. The molecule has 4 aliphatic rings. The largest absolute Gasteiger partial charge is 0.493 e. The van der Waals surface area contributed by atoms with Crippen LogP contribution in [0.4, 0.5) is 11.4 Å². The van der Waals surface area contributed by atoms with Crippen molar-refractivity contribution in [3.05, 3.63) is 71.4 Å². The maximum Gasteiger partial charge on any atom is 0.271 e. The molecule has 0 spiro atoms. The Morgan fingerprint density at radius 3 is 2.68 bits per heavy atom. The maximum absolute atomic E-state index is 12.5. The molecular weight excluding hydrogens is 784 g/mol. The van der Waals surface area contributed by atoms with Gasteiger partial charge in [0, 0.05) is 71.2 Å². The third-order valence-electron chi connectivity index (χ3n) is 8.80. The minimum Gasteiger partial charge on any atom is -0.493 e. The summed E-state index contributed by atoms with van der Waals surface area (Å²) in [4.78, 5) is 32.1. The first-order valence-corrected chi connectivity index (χ1v) is 16.7. The van der Waals surface area contributed by atoms with Crippen molar-refractivity contribution in [3.63, 3.8) is 0 Å². The Morgan fingerprint density at radius 1 is 1.19 bits per heavy atom. The van der Waals surface area contributed by atoms with Gasteiger partial charge in [0.15, 0.2) is 0 Å². The second-order valence-corrected chi connectivity index (χ2v) is 13.7. The molecule has 2 aliphatic carbocycles. The van der Waals surface area contributed by atoms with Crippen LogP contribution in [0, 0.1) is 5.41 Å². The van der Waals surface area contributed by atoms with Crippen LogP contribution in [0.1, 0.15) is 56.1 Å². The minimum atomic E-state index is -0.573. The Kier molecular flexibility index (Phi) is 9.89. The zero-order valence-corrected chi connectivity index (χ0v) is 30.5. The summed E-state index contributed by atoms with van der Waals surface area (Å²) in [5.74, 6) is -0.527. The minimum absolute atomic E-state index is 0. The Bertz CT molecular complexity index is 1730. The monoisotopic (exact) mass is 823 g/mol. The number of allylic oxidation sites excluding steroid dienone is 1. The number of hydroxylamine groups is 1. The number of carbonyl (C=O) groups excluding carboxylic acids is 1. The number of hydrogen-bond donors (Lipinski definition) is 3. The van der Waals surface area contributed by atoms with Gasteiger partial charge in [-0.15, -0.1) is 11.8 Å². The number of rotatable bonds is 12. The van der Waals surface area contributed by atoms with Gasteiger partial charge < -0.3 is 26.3 Å². The molecule has 1 amide bonds. The van der Waals surface area contributed by atoms with Crippen molar-refractivity contribution in [1.29, 1.82) is 5.41 Å². The number of carbonyl (C=O) groups is 1.